The lowest BCUT2D eigenvalue weighted by Crippen LogP contribution is -2.41. The van der Waals surface area contributed by atoms with Crippen molar-refractivity contribution in [3.05, 3.63) is 23.8 Å². The molecule has 1 aromatic rings. The van der Waals surface area contributed by atoms with Gasteiger partial charge < -0.3 is 19.7 Å². The van der Waals surface area contributed by atoms with Crippen LogP contribution in [0.15, 0.2) is 18.2 Å². The van der Waals surface area contributed by atoms with Gasteiger partial charge in [0.05, 0.1) is 14.2 Å². The molecule has 0 aromatic heterocycles. The van der Waals surface area contributed by atoms with Gasteiger partial charge in [0.25, 0.3) is 5.91 Å². The Bertz CT molecular complexity index is 454. The maximum absolute atomic E-state index is 12.7. The Morgan fingerprint density at radius 2 is 1.90 bits per heavy atom. The molecule has 0 saturated carbocycles. The normalized spacial score (nSPS) is 19.4. The number of amides is 1. The lowest BCUT2D eigenvalue weighted by atomic mass is 10.1. The average Bonchev–Trinajstić information content (AvgIpc) is 2.70. The van der Waals surface area contributed by atoms with Crippen molar-refractivity contribution in [2.45, 2.75) is 19.4 Å². The van der Waals surface area contributed by atoms with Crippen molar-refractivity contribution in [2.75, 3.05) is 33.9 Å². The highest BCUT2D eigenvalue weighted by atomic mass is 16.5. The lowest BCUT2D eigenvalue weighted by Gasteiger charge is -2.27. The summed E-state index contributed by atoms with van der Waals surface area (Å²) in [6.07, 6.45) is 0.969. The first-order valence-electron chi connectivity index (χ1n) is 6.90. The molecule has 0 aliphatic carbocycles. The fraction of sp³-hybridized carbons (Fsp3) is 0.533. The molecule has 1 saturated heterocycles. The molecule has 1 fully saturated rings. The van der Waals surface area contributed by atoms with E-state index < -0.39 is 0 Å². The Balaban J connectivity index is 2.26. The molecule has 5 heteroatoms. The van der Waals surface area contributed by atoms with Crippen LogP contribution in [-0.4, -0.2) is 50.7 Å². The standard InChI is InChI=1S/C15H22N2O3/c1-11-10-16-5-4-6-17(11)15(18)12-7-13(19-2)9-14(8-12)20-3/h7-9,11,16H,4-6,10H2,1-3H3. The average molecular weight is 278 g/mol. The van der Waals surface area contributed by atoms with E-state index in [4.69, 9.17) is 9.47 Å². The number of carbonyl (C=O) groups is 1. The van der Waals surface area contributed by atoms with Crippen LogP contribution in [0.3, 0.4) is 0 Å². The molecule has 1 unspecified atom stereocenters. The third-order valence-corrected chi connectivity index (χ3v) is 3.58. The minimum atomic E-state index is 0.0263. The van der Waals surface area contributed by atoms with Gasteiger partial charge in [0.1, 0.15) is 11.5 Å². The second-order valence-corrected chi connectivity index (χ2v) is 5.01. The number of hydrogen-bond acceptors (Lipinski definition) is 4. The largest absolute Gasteiger partial charge is 0.497 e. The molecule has 1 amide bonds. The summed E-state index contributed by atoms with van der Waals surface area (Å²) in [7, 11) is 3.17. The number of methoxy groups -OCH3 is 2. The van der Waals surface area contributed by atoms with Crippen molar-refractivity contribution in [1.82, 2.24) is 10.2 Å². The van der Waals surface area contributed by atoms with E-state index in [0.717, 1.165) is 26.1 Å². The molecule has 2 rings (SSSR count). The molecule has 1 aliphatic rings. The van der Waals surface area contributed by atoms with E-state index in [2.05, 4.69) is 12.2 Å². The third kappa shape index (κ3) is 3.22. The highest BCUT2D eigenvalue weighted by Gasteiger charge is 2.23. The molecule has 5 nitrogen and oxygen atoms in total. The predicted octanol–water partition coefficient (Wildman–Crippen LogP) is 1.53. The quantitative estimate of drug-likeness (QED) is 0.911. The van der Waals surface area contributed by atoms with E-state index in [0.29, 0.717) is 17.1 Å². The Morgan fingerprint density at radius 1 is 1.25 bits per heavy atom. The first-order valence-corrected chi connectivity index (χ1v) is 6.90. The molecule has 0 radical (unpaired) electrons. The van der Waals surface area contributed by atoms with Crippen molar-refractivity contribution in [2.24, 2.45) is 0 Å². The SMILES string of the molecule is COc1cc(OC)cc(C(=O)N2CCCNCC2C)c1. The van der Waals surface area contributed by atoms with E-state index in [1.54, 1.807) is 32.4 Å². The zero-order chi connectivity index (χ0) is 14.5. The summed E-state index contributed by atoms with van der Waals surface area (Å²) in [4.78, 5) is 14.6. The third-order valence-electron chi connectivity index (χ3n) is 3.58. The summed E-state index contributed by atoms with van der Waals surface area (Å²) in [5.74, 6) is 1.29. The van der Waals surface area contributed by atoms with E-state index in [1.165, 1.54) is 0 Å². The summed E-state index contributed by atoms with van der Waals surface area (Å²) in [5.41, 5.74) is 0.606. The van der Waals surface area contributed by atoms with Crippen molar-refractivity contribution in [1.29, 1.82) is 0 Å². The maximum atomic E-state index is 12.7. The fourth-order valence-corrected chi connectivity index (χ4v) is 2.41. The van der Waals surface area contributed by atoms with E-state index in [9.17, 15) is 4.79 Å². The van der Waals surface area contributed by atoms with Crippen LogP contribution < -0.4 is 14.8 Å². The van der Waals surface area contributed by atoms with Gasteiger partial charge in [0.2, 0.25) is 0 Å². The van der Waals surface area contributed by atoms with Gasteiger partial charge in [-0.1, -0.05) is 0 Å². The maximum Gasteiger partial charge on any atom is 0.254 e. The second-order valence-electron chi connectivity index (χ2n) is 5.01. The number of hydrogen-bond donors (Lipinski definition) is 1. The van der Waals surface area contributed by atoms with E-state index in [-0.39, 0.29) is 11.9 Å². The van der Waals surface area contributed by atoms with Crippen LogP contribution >= 0.6 is 0 Å². The first kappa shape index (κ1) is 14.7. The van der Waals surface area contributed by atoms with Crippen LogP contribution in [0.4, 0.5) is 0 Å². The van der Waals surface area contributed by atoms with Crippen molar-refractivity contribution in [3.63, 3.8) is 0 Å². The zero-order valence-electron chi connectivity index (χ0n) is 12.3. The molecular weight excluding hydrogens is 256 g/mol. The number of benzene rings is 1. The van der Waals surface area contributed by atoms with Crippen molar-refractivity contribution in [3.8, 4) is 11.5 Å². The van der Waals surface area contributed by atoms with Crippen LogP contribution in [0, 0.1) is 0 Å². The number of nitrogens with one attached hydrogen (secondary N) is 1. The highest BCUT2D eigenvalue weighted by molar-refractivity contribution is 5.95. The lowest BCUT2D eigenvalue weighted by molar-refractivity contribution is 0.0706. The number of carbonyl (C=O) groups excluding carboxylic acids is 1. The number of nitrogens with zero attached hydrogens (tertiary/aromatic N) is 1. The van der Waals surface area contributed by atoms with Crippen LogP contribution in [0.2, 0.25) is 0 Å². The van der Waals surface area contributed by atoms with Gasteiger partial charge in [-0.25, -0.2) is 0 Å². The number of rotatable bonds is 3. The van der Waals surface area contributed by atoms with Gasteiger partial charge in [-0.15, -0.1) is 0 Å². The Hall–Kier alpha value is -1.75. The summed E-state index contributed by atoms with van der Waals surface area (Å²) >= 11 is 0. The summed E-state index contributed by atoms with van der Waals surface area (Å²) in [6.45, 7) is 4.61. The summed E-state index contributed by atoms with van der Waals surface area (Å²) in [6, 6.07) is 5.47. The Morgan fingerprint density at radius 3 is 2.50 bits per heavy atom. The van der Waals surface area contributed by atoms with Crippen molar-refractivity contribution >= 4 is 5.91 Å². The Labute approximate surface area is 119 Å². The van der Waals surface area contributed by atoms with Crippen molar-refractivity contribution < 1.29 is 14.3 Å². The first-order chi connectivity index (χ1) is 9.65. The van der Waals surface area contributed by atoms with Crippen LogP contribution in [0.1, 0.15) is 23.7 Å². The van der Waals surface area contributed by atoms with Gasteiger partial charge in [-0.2, -0.15) is 0 Å². The highest BCUT2D eigenvalue weighted by Crippen LogP contribution is 2.24. The van der Waals surface area contributed by atoms with Crippen LogP contribution in [-0.2, 0) is 0 Å². The zero-order valence-corrected chi connectivity index (χ0v) is 12.3. The molecule has 0 bridgehead atoms. The minimum Gasteiger partial charge on any atom is -0.497 e. The molecule has 1 aromatic carbocycles. The van der Waals surface area contributed by atoms with Gasteiger partial charge in [-0.05, 0) is 32.0 Å². The summed E-state index contributed by atoms with van der Waals surface area (Å²) in [5, 5.41) is 3.34. The van der Waals surface area contributed by atoms with Gasteiger partial charge in [0.15, 0.2) is 0 Å². The molecule has 1 N–H and O–H groups in total. The fourth-order valence-electron chi connectivity index (χ4n) is 2.41. The molecule has 0 spiro atoms. The van der Waals surface area contributed by atoms with Gasteiger partial charge in [-0.3, -0.25) is 4.79 Å². The minimum absolute atomic E-state index is 0.0263. The smallest absolute Gasteiger partial charge is 0.254 e. The van der Waals surface area contributed by atoms with Gasteiger partial charge in [0, 0.05) is 30.8 Å². The molecular formula is C15H22N2O3. The summed E-state index contributed by atoms with van der Waals surface area (Å²) < 4.78 is 10.4. The van der Waals surface area contributed by atoms with Gasteiger partial charge >= 0.3 is 0 Å². The van der Waals surface area contributed by atoms with Crippen LogP contribution in [0.5, 0.6) is 11.5 Å². The molecule has 1 atom stereocenters. The number of ether oxygens (including phenoxy) is 2. The van der Waals surface area contributed by atoms with E-state index in [1.807, 2.05) is 4.90 Å². The second kappa shape index (κ2) is 6.61. The topological polar surface area (TPSA) is 50.8 Å². The van der Waals surface area contributed by atoms with E-state index >= 15 is 0 Å². The molecule has 20 heavy (non-hydrogen) atoms. The molecule has 1 aliphatic heterocycles. The Kier molecular flexibility index (Phi) is 4.84. The predicted molar refractivity (Wildman–Crippen MR) is 77.5 cm³/mol. The molecule has 110 valence electrons. The monoisotopic (exact) mass is 278 g/mol. The van der Waals surface area contributed by atoms with Crippen LogP contribution in [0.25, 0.3) is 0 Å². The molecule has 1 heterocycles.